The molecule has 1 heterocycles. The Bertz CT molecular complexity index is 435. The van der Waals surface area contributed by atoms with E-state index in [1.54, 1.807) is 0 Å². The van der Waals surface area contributed by atoms with E-state index in [1.165, 1.54) is 0 Å². The highest BCUT2D eigenvalue weighted by Gasteiger charge is 2.40. The summed E-state index contributed by atoms with van der Waals surface area (Å²) in [6, 6.07) is 0. The Morgan fingerprint density at radius 3 is 2.76 bits per heavy atom. The summed E-state index contributed by atoms with van der Waals surface area (Å²) in [4.78, 5) is 16.8. The molecule has 0 atom stereocenters. The van der Waals surface area contributed by atoms with Gasteiger partial charge < -0.3 is 15.0 Å². The SMILES string of the molecule is COc1c(NCC(F)(F)C(F)F)nc[nH]c1=O. The lowest BCUT2D eigenvalue weighted by Crippen LogP contribution is -2.35. The van der Waals surface area contributed by atoms with Crippen LogP contribution in [0, 0.1) is 0 Å². The highest BCUT2D eigenvalue weighted by Crippen LogP contribution is 2.24. The molecule has 1 rings (SSSR count). The number of nitrogens with zero attached hydrogens (tertiary/aromatic N) is 1. The number of halogens is 4. The second-order valence-electron chi connectivity index (χ2n) is 3.03. The molecule has 0 aliphatic carbocycles. The van der Waals surface area contributed by atoms with E-state index >= 15 is 0 Å². The molecule has 0 aliphatic heterocycles. The molecule has 0 spiro atoms. The predicted octanol–water partition coefficient (Wildman–Crippen LogP) is 1.09. The van der Waals surface area contributed by atoms with Crippen LogP contribution in [-0.4, -0.2) is 36.0 Å². The first-order chi connectivity index (χ1) is 7.88. The van der Waals surface area contributed by atoms with E-state index in [1.807, 2.05) is 5.32 Å². The number of aromatic amines is 1. The lowest BCUT2D eigenvalue weighted by atomic mass is 10.3. The number of ether oxygens (including phenoxy) is 1. The van der Waals surface area contributed by atoms with E-state index in [0.717, 1.165) is 13.4 Å². The summed E-state index contributed by atoms with van der Waals surface area (Å²) in [5, 5.41) is 1.94. The molecule has 96 valence electrons. The Hall–Kier alpha value is -1.80. The van der Waals surface area contributed by atoms with Gasteiger partial charge >= 0.3 is 12.3 Å². The van der Waals surface area contributed by atoms with Crippen molar-refractivity contribution in [2.24, 2.45) is 0 Å². The minimum atomic E-state index is -4.21. The minimum Gasteiger partial charge on any atom is -0.489 e. The smallest absolute Gasteiger partial charge is 0.324 e. The molecule has 0 bridgehead atoms. The zero-order chi connectivity index (χ0) is 13.1. The number of nitrogens with one attached hydrogen (secondary N) is 2. The van der Waals surface area contributed by atoms with Gasteiger partial charge in [-0.1, -0.05) is 0 Å². The summed E-state index contributed by atoms with van der Waals surface area (Å²) in [5.41, 5.74) is -0.703. The van der Waals surface area contributed by atoms with Gasteiger partial charge in [-0.15, -0.1) is 0 Å². The van der Waals surface area contributed by atoms with Gasteiger partial charge in [0.25, 0.3) is 5.56 Å². The number of anilines is 1. The number of alkyl halides is 4. The van der Waals surface area contributed by atoms with Crippen LogP contribution in [0.2, 0.25) is 0 Å². The van der Waals surface area contributed by atoms with Crippen LogP contribution >= 0.6 is 0 Å². The molecule has 0 saturated carbocycles. The number of rotatable bonds is 5. The molecule has 5 nitrogen and oxygen atoms in total. The van der Waals surface area contributed by atoms with Crippen LogP contribution in [0.1, 0.15) is 0 Å². The lowest BCUT2D eigenvalue weighted by molar-refractivity contribution is -0.117. The largest absolute Gasteiger partial charge is 0.489 e. The highest BCUT2D eigenvalue weighted by molar-refractivity contribution is 5.47. The number of hydrogen-bond donors (Lipinski definition) is 2. The van der Waals surface area contributed by atoms with Gasteiger partial charge in [0.2, 0.25) is 5.75 Å². The van der Waals surface area contributed by atoms with E-state index < -0.39 is 24.5 Å². The molecule has 0 unspecified atom stereocenters. The lowest BCUT2D eigenvalue weighted by Gasteiger charge is -2.16. The average molecular weight is 255 g/mol. The molecule has 0 radical (unpaired) electrons. The molecule has 9 heteroatoms. The Morgan fingerprint density at radius 2 is 2.24 bits per heavy atom. The van der Waals surface area contributed by atoms with Crippen molar-refractivity contribution in [3.63, 3.8) is 0 Å². The minimum absolute atomic E-state index is 0.323. The van der Waals surface area contributed by atoms with Gasteiger partial charge in [-0.3, -0.25) is 4.79 Å². The summed E-state index contributed by atoms with van der Waals surface area (Å²) in [5.74, 6) is -4.89. The monoisotopic (exact) mass is 255 g/mol. The Balaban J connectivity index is 2.83. The molecule has 2 N–H and O–H groups in total. The van der Waals surface area contributed by atoms with Crippen molar-refractivity contribution in [1.29, 1.82) is 0 Å². The fraction of sp³-hybridized carbons (Fsp3) is 0.500. The van der Waals surface area contributed by atoms with Crippen LogP contribution in [-0.2, 0) is 0 Å². The van der Waals surface area contributed by atoms with Gasteiger partial charge in [0, 0.05) is 0 Å². The van der Waals surface area contributed by atoms with Crippen LogP contribution in [0.25, 0.3) is 0 Å². The topological polar surface area (TPSA) is 67.0 Å². The summed E-state index contributed by atoms with van der Waals surface area (Å²) in [6.45, 7) is -1.35. The molecule has 0 fully saturated rings. The molecule has 17 heavy (non-hydrogen) atoms. The van der Waals surface area contributed by atoms with Crippen molar-refractivity contribution in [3.05, 3.63) is 16.7 Å². The second-order valence-corrected chi connectivity index (χ2v) is 3.03. The number of aromatic nitrogens is 2. The van der Waals surface area contributed by atoms with Gasteiger partial charge in [0.15, 0.2) is 5.82 Å². The number of H-pyrrole nitrogens is 1. The maximum atomic E-state index is 12.6. The van der Waals surface area contributed by atoms with Crippen molar-refractivity contribution in [3.8, 4) is 5.75 Å². The van der Waals surface area contributed by atoms with Crippen molar-refractivity contribution in [1.82, 2.24) is 9.97 Å². The zero-order valence-electron chi connectivity index (χ0n) is 8.64. The van der Waals surface area contributed by atoms with Crippen LogP contribution in [0.15, 0.2) is 11.1 Å². The summed E-state index contributed by atoms with van der Waals surface area (Å²) in [7, 11) is 1.13. The molecule has 1 aromatic heterocycles. The van der Waals surface area contributed by atoms with E-state index in [4.69, 9.17) is 0 Å². The quantitative estimate of drug-likeness (QED) is 0.773. The standard InChI is InChI=1S/C8H9F4N3O2/c1-17-4-5(14-3-15-6(4)16)13-2-8(11,12)7(9)10/h3,7H,2H2,1H3,(H2,13,14,15,16). The van der Waals surface area contributed by atoms with Crippen LogP contribution in [0.3, 0.4) is 0 Å². The molecule has 0 amide bonds. The Kier molecular flexibility index (Phi) is 3.92. The molecule has 0 saturated heterocycles. The first-order valence-corrected chi connectivity index (χ1v) is 4.40. The van der Waals surface area contributed by atoms with E-state index in [-0.39, 0.29) is 11.6 Å². The molecule has 1 aromatic rings. The number of hydrogen-bond acceptors (Lipinski definition) is 4. The summed E-state index contributed by atoms with van der Waals surface area (Å²) in [6.07, 6.45) is -2.86. The summed E-state index contributed by atoms with van der Waals surface area (Å²) < 4.78 is 53.5. The van der Waals surface area contributed by atoms with Crippen molar-refractivity contribution < 1.29 is 22.3 Å². The zero-order valence-corrected chi connectivity index (χ0v) is 8.64. The second kappa shape index (κ2) is 5.02. The first-order valence-electron chi connectivity index (χ1n) is 4.40. The van der Waals surface area contributed by atoms with E-state index in [2.05, 4.69) is 14.7 Å². The third kappa shape index (κ3) is 3.08. The van der Waals surface area contributed by atoms with Crippen molar-refractivity contribution >= 4 is 5.82 Å². The van der Waals surface area contributed by atoms with Gasteiger partial charge in [-0.2, -0.15) is 8.78 Å². The van der Waals surface area contributed by atoms with Crippen molar-refractivity contribution in [2.75, 3.05) is 19.0 Å². The van der Waals surface area contributed by atoms with Gasteiger partial charge in [-0.25, -0.2) is 13.8 Å². The van der Waals surface area contributed by atoms with Gasteiger partial charge in [-0.05, 0) is 0 Å². The van der Waals surface area contributed by atoms with Gasteiger partial charge in [0.1, 0.15) is 0 Å². The fourth-order valence-corrected chi connectivity index (χ4v) is 0.981. The first kappa shape index (κ1) is 13.3. The molecular weight excluding hydrogens is 246 g/mol. The molecule has 0 aromatic carbocycles. The normalized spacial score (nSPS) is 11.6. The van der Waals surface area contributed by atoms with Gasteiger partial charge in [0.05, 0.1) is 20.0 Å². The van der Waals surface area contributed by atoms with Crippen LogP contribution < -0.4 is 15.6 Å². The summed E-state index contributed by atoms with van der Waals surface area (Å²) >= 11 is 0. The van der Waals surface area contributed by atoms with E-state index in [9.17, 15) is 22.4 Å². The Labute approximate surface area is 92.8 Å². The maximum Gasteiger partial charge on any atom is 0.324 e. The highest BCUT2D eigenvalue weighted by atomic mass is 19.3. The third-order valence-corrected chi connectivity index (χ3v) is 1.83. The fourth-order valence-electron chi connectivity index (χ4n) is 0.981. The predicted molar refractivity (Wildman–Crippen MR) is 50.9 cm³/mol. The maximum absolute atomic E-state index is 12.6. The van der Waals surface area contributed by atoms with Crippen molar-refractivity contribution in [2.45, 2.75) is 12.3 Å². The molecule has 0 aliphatic rings. The number of methoxy groups -OCH3 is 1. The van der Waals surface area contributed by atoms with Crippen LogP contribution in [0.4, 0.5) is 23.4 Å². The third-order valence-electron chi connectivity index (χ3n) is 1.83. The average Bonchev–Trinajstić information content (AvgIpc) is 2.26. The van der Waals surface area contributed by atoms with E-state index in [0.29, 0.717) is 0 Å². The Morgan fingerprint density at radius 1 is 1.59 bits per heavy atom. The van der Waals surface area contributed by atoms with Crippen LogP contribution in [0.5, 0.6) is 5.75 Å². The molecular formula is C8H9F4N3O2.